The summed E-state index contributed by atoms with van der Waals surface area (Å²) < 4.78 is 24.6. The molecule has 0 radical (unpaired) electrons. The molecule has 0 aliphatic rings. The molecule has 7 N–H and O–H groups in total. The van der Waals surface area contributed by atoms with Gasteiger partial charge >= 0.3 is 0 Å². The van der Waals surface area contributed by atoms with E-state index in [2.05, 4.69) is 21.4 Å². The zero-order valence-corrected chi connectivity index (χ0v) is 19.1. The number of ether oxygens (including phenoxy) is 2. The number of fused-ring (bicyclic) bond motifs is 1. The third-order valence-electron chi connectivity index (χ3n) is 5.14. The van der Waals surface area contributed by atoms with Gasteiger partial charge < -0.3 is 40.7 Å². The van der Waals surface area contributed by atoms with Gasteiger partial charge in [0.1, 0.15) is 24.4 Å². The Bertz CT molecular complexity index is 1080. The zero-order chi connectivity index (χ0) is 24.1. The lowest BCUT2D eigenvalue weighted by Gasteiger charge is -2.28. The largest absolute Gasteiger partial charge is 0.493 e. The molecule has 34 heavy (non-hydrogen) atoms. The predicted molar refractivity (Wildman–Crippen MR) is 124 cm³/mol. The number of nitrogens with zero attached hydrogens (tertiary/aromatic N) is 2. The van der Waals surface area contributed by atoms with Crippen molar-refractivity contribution in [3.05, 3.63) is 47.8 Å². The van der Waals surface area contributed by atoms with Crippen LogP contribution in [0, 0.1) is 13.8 Å². The van der Waals surface area contributed by atoms with E-state index < -0.39 is 37.7 Å². The number of hydrogen-bond acceptors (Lipinski definition) is 9. The maximum atomic E-state index is 13.6. The van der Waals surface area contributed by atoms with E-state index in [4.69, 9.17) is 14.6 Å². The summed E-state index contributed by atoms with van der Waals surface area (Å²) in [5.74, 6) is 0.901. The van der Waals surface area contributed by atoms with Crippen molar-refractivity contribution in [3.8, 4) is 11.5 Å². The molecule has 0 aliphatic carbocycles. The molecule has 0 amide bonds. The van der Waals surface area contributed by atoms with Crippen molar-refractivity contribution < 1.29 is 39.8 Å². The Hall–Kier alpha value is -3.09. The molecule has 0 fully saturated rings. The molecule has 0 aliphatic heterocycles. The SMILES string of the molecule is COc1cc2c(Nc3cc(C)cc(C)c3)ncnc2cc1O[C@H](CO)[C@H](O)[C@@H](O)[C@H](F)CO.O. The molecular formula is C23H30FN3O7. The number of methoxy groups -OCH3 is 1. The number of anilines is 2. The predicted octanol–water partition coefficient (Wildman–Crippen LogP) is 0.966. The number of aliphatic hydroxyl groups is 4. The molecule has 10 nitrogen and oxygen atoms in total. The summed E-state index contributed by atoms with van der Waals surface area (Å²) in [5, 5.41) is 42.5. The summed E-state index contributed by atoms with van der Waals surface area (Å²) in [4.78, 5) is 8.58. The minimum absolute atomic E-state index is 0. The van der Waals surface area contributed by atoms with Gasteiger partial charge in [0.25, 0.3) is 0 Å². The number of halogens is 1. The van der Waals surface area contributed by atoms with Crippen LogP contribution in [0.1, 0.15) is 11.1 Å². The van der Waals surface area contributed by atoms with Crippen LogP contribution in [0.5, 0.6) is 11.5 Å². The minimum atomic E-state index is -2.09. The van der Waals surface area contributed by atoms with E-state index in [1.54, 1.807) is 6.07 Å². The summed E-state index contributed by atoms with van der Waals surface area (Å²) in [7, 11) is 1.41. The van der Waals surface area contributed by atoms with Gasteiger partial charge in [-0.3, -0.25) is 0 Å². The van der Waals surface area contributed by atoms with Crippen molar-refractivity contribution in [2.24, 2.45) is 0 Å². The van der Waals surface area contributed by atoms with Crippen LogP contribution >= 0.6 is 0 Å². The first-order valence-electron chi connectivity index (χ1n) is 10.3. The molecule has 0 saturated heterocycles. The number of benzene rings is 2. The molecule has 1 heterocycles. The van der Waals surface area contributed by atoms with Crippen LogP contribution in [0.25, 0.3) is 10.9 Å². The van der Waals surface area contributed by atoms with E-state index in [9.17, 15) is 19.7 Å². The molecule has 0 bridgehead atoms. The van der Waals surface area contributed by atoms with Crippen molar-refractivity contribution in [1.29, 1.82) is 0 Å². The van der Waals surface area contributed by atoms with Crippen LogP contribution < -0.4 is 14.8 Å². The smallest absolute Gasteiger partial charge is 0.164 e. The second-order valence-electron chi connectivity index (χ2n) is 7.76. The van der Waals surface area contributed by atoms with Crippen molar-refractivity contribution in [3.63, 3.8) is 0 Å². The van der Waals surface area contributed by atoms with Crippen molar-refractivity contribution >= 4 is 22.4 Å². The van der Waals surface area contributed by atoms with E-state index in [0.717, 1.165) is 16.8 Å². The Labute approximate surface area is 195 Å². The zero-order valence-electron chi connectivity index (χ0n) is 19.1. The van der Waals surface area contributed by atoms with Crippen LogP contribution in [-0.4, -0.2) is 80.7 Å². The number of aromatic nitrogens is 2. The molecule has 3 rings (SSSR count). The molecule has 2 aromatic carbocycles. The summed E-state index contributed by atoms with van der Waals surface area (Å²) in [5.41, 5.74) is 3.53. The van der Waals surface area contributed by atoms with Crippen LogP contribution in [0.2, 0.25) is 0 Å². The Balaban J connectivity index is 0.00000408. The first-order valence-corrected chi connectivity index (χ1v) is 10.3. The maximum absolute atomic E-state index is 13.6. The maximum Gasteiger partial charge on any atom is 0.164 e. The Morgan fingerprint density at radius 1 is 0.941 bits per heavy atom. The molecular weight excluding hydrogens is 449 g/mol. The Kier molecular flexibility index (Phi) is 9.47. The van der Waals surface area contributed by atoms with Crippen LogP contribution in [0.15, 0.2) is 36.7 Å². The second-order valence-corrected chi connectivity index (χ2v) is 7.76. The summed E-state index contributed by atoms with van der Waals surface area (Å²) in [6.07, 6.45) is -5.85. The van der Waals surface area contributed by atoms with E-state index in [1.165, 1.54) is 19.5 Å². The molecule has 0 spiro atoms. The lowest BCUT2D eigenvalue weighted by atomic mass is 10.0. The average Bonchev–Trinajstić information content (AvgIpc) is 2.80. The molecule has 4 atom stereocenters. The van der Waals surface area contributed by atoms with Gasteiger partial charge in [-0.25, -0.2) is 14.4 Å². The fourth-order valence-corrected chi connectivity index (χ4v) is 3.52. The Morgan fingerprint density at radius 3 is 2.21 bits per heavy atom. The summed E-state index contributed by atoms with van der Waals surface area (Å²) in [6.45, 7) is 2.29. The van der Waals surface area contributed by atoms with E-state index in [1.807, 2.05) is 26.0 Å². The first kappa shape index (κ1) is 27.2. The van der Waals surface area contributed by atoms with E-state index in [0.29, 0.717) is 16.7 Å². The lowest BCUT2D eigenvalue weighted by Crippen LogP contribution is -2.48. The quantitative estimate of drug-likeness (QED) is 0.284. The standard InChI is InChI=1S/C23H28FN3O6.H2O/c1-12-4-13(2)6-14(5-12)27-23-15-7-18(32-3)19(8-17(15)25-11-26-23)33-20(10-29)22(31)21(30)16(24)9-28;/h4-8,11,16,20-22,28-31H,9-10H2,1-3H3,(H,25,26,27);1H2/t16-,20-,21+,22+;/m1./s1. The number of rotatable bonds is 10. The third-order valence-corrected chi connectivity index (χ3v) is 5.14. The highest BCUT2D eigenvalue weighted by molar-refractivity contribution is 5.93. The van der Waals surface area contributed by atoms with Gasteiger partial charge in [0.15, 0.2) is 23.8 Å². The van der Waals surface area contributed by atoms with Gasteiger partial charge in [-0.2, -0.15) is 0 Å². The minimum Gasteiger partial charge on any atom is -0.493 e. The van der Waals surface area contributed by atoms with Crippen LogP contribution in [0.3, 0.4) is 0 Å². The van der Waals surface area contributed by atoms with Crippen LogP contribution in [-0.2, 0) is 0 Å². The van der Waals surface area contributed by atoms with Crippen molar-refractivity contribution in [2.45, 2.75) is 38.3 Å². The van der Waals surface area contributed by atoms with E-state index >= 15 is 0 Å². The topological polar surface area (TPSA) is 169 Å². The first-order chi connectivity index (χ1) is 15.8. The monoisotopic (exact) mass is 479 g/mol. The summed E-state index contributed by atoms with van der Waals surface area (Å²) in [6, 6.07) is 9.20. The van der Waals surface area contributed by atoms with Crippen molar-refractivity contribution in [2.75, 3.05) is 25.6 Å². The Morgan fingerprint density at radius 2 is 1.62 bits per heavy atom. The number of alkyl halides is 1. The molecule has 3 aromatic rings. The van der Waals surface area contributed by atoms with Gasteiger partial charge in [0, 0.05) is 17.1 Å². The summed E-state index contributed by atoms with van der Waals surface area (Å²) >= 11 is 0. The lowest BCUT2D eigenvalue weighted by molar-refractivity contribution is -0.0981. The highest BCUT2D eigenvalue weighted by Crippen LogP contribution is 2.36. The molecule has 11 heteroatoms. The number of aliphatic hydroxyl groups excluding tert-OH is 4. The van der Waals surface area contributed by atoms with Gasteiger partial charge in [-0.15, -0.1) is 0 Å². The van der Waals surface area contributed by atoms with Gasteiger partial charge in [0.2, 0.25) is 0 Å². The highest BCUT2D eigenvalue weighted by atomic mass is 19.1. The fourth-order valence-electron chi connectivity index (χ4n) is 3.52. The second kappa shape index (κ2) is 11.9. The van der Waals surface area contributed by atoms with Crippen LogP contribution in [0.4, 0.5) is 15.9 Å². The normalized spacial score (nSPS) is 14.6. The highest BCUT2D eigenvalue weighted by Gasteiger charge is 2.34. The molecule has 0 unspecified atom stereocenters. The van der Waals surface area contributed by atoms with Crippen molar-refractivity contribution in [1.82, 2.24) is 9.97 Å². The third kappa shape index (κ3) is 6.07. The molecule has 1 aromatic heterocycles. The number of aryl methyl sites for hydroxylation is 2. The number of hydrogen-bond donors (Lipinski definition) is 5. The van der Waals surface area contributed by atoms with Gasteiger partial charge in [-0.1, -0.05) is 6.07 Å². The number of nitrogens with one attached hydrogen (secondary N) is 1. The fraction of sp³-hybridized carbons (Fsp3) is 0.391. The average molecular weight is 480 g/mol. The van der Waals surface area contributed by atoms with Gasteiger partial charge in [-0.05, 0) is 43.2 Å². The van der Waals surface area contributed by atoms with E-state index in [-0.39, 0.29) is 17.0 Å². The molecule has 186 valence electrons. The molecule has 0 saturated carbocycles. The van der Waals surface area contributed by atoms with Gasteiger partial charge in [0.05, 0.1) is 25.8 Å².